The minimum absolute atomic E-state index is 0.0300. The molecule has 0 radical (unpaired) electrons. The lowest BCUT2D eigenvalue weighted by molar-refractivity contribution is 0.118. The minimum atomic E-state index is 0.0300. The zero-order valence-corrected chi connectivity index (χ0v) is 9.01. The summed E-state index contributed by atoms with van der Waals surface area (Å²) in [5.41, 5.74) is 3.84. The number of hydrogen-bond acceptors (Lipinski definition) is 5. The maximum absolute atomic E-state index is 4.21. The van der Waals surface area contributed by atoms with Crippen LogP contribution in [0.5, 0.6) is 0 Å². The minimum Gasteiger partial charge on any atom is -0.254 e. The molecule has 78 valence electrons. The number of benzene rings is 1. The molecule has 1 aromatic carbocycles. The van der Waals surface area contributed by atoms with Crippen molar-refractivity contribution in [3.05, 3.63) is 48.6 Å². The standard InChI is InChI=1S/C10H12N4S/c1-2-10(9-6-4-3-5-7-9)13-8-11-12-14(13)15/h2-8,10,12,15H,1H2. The highest BCUT2D eigenvalue weighted by Crippen LogP contribution is 2.23. The predicted octanol–water partition coefficient (Wildman–Crippen LogP) is 1.74. The summed E-state index contributed by atoms with van der Waals surface area (Å²) in [7, 11) is 0. The Labute approximate surface area is 94.4 Å². The third kappa shape index (κ3) is 1.98. The van der Waals surface area contributed by atoms with Crippen molar-refractivity contribution >= 4 is 19.2 Å². The molecule has 1 atom stereocenters. The molecule has 0 fully saturated rings. The number of thiol groups is 1. The Morgan fingerprint density at radius 1 is 1.40 bits per heavy atom. The Balaban J connectivity index is 2.24. The van der Waals surface area contributed by atoms with Crippen molar-refractivity contribution in [2.45, 2.75) is 6.04 Å². The molecule has 0 amide bonds. The largest absolute Gasteiger partial charge is 0.254 e. The van der Waals surface area contributed by atoms with Crippen molar-refractivity contribution < 1.29 is 0 Å². The van der Waals surface area contributed by atoms with E-state index in [0.29, 0.717) is 0 Å². The molecule has 0 aliphatic carbocycles. The topological polar surface area (TPSA) is 30.9 Å². The van der Waals surface area contributed by atoms with Crippen LogP contribution < -0.4 is 5.53 Å². The van der Waals surface area contributed by atoms with Gasteiger partial charge < -0.3 is 0 Å². The first-order valence-corrected chi connectivity index (χ1v) is 4.96. The average molecular weight is 220 g/mol. The number of hydrazone groups is 1. The lowest BCUT2D eigenvalue weighted by Crippen LogP contribution is -2.37. The van der Waals surface area contributed by atoms with Gasteiger partial charge in [-0.25, -0.2) is 5.53 Å². The van der Waals surface area contributed by atoms with Crippen molar-refractivity contribution in [3.8, 4) is 0 Å². The van der Waals surface area contributed by atoms with E-state index >= 15 is 0 Å². The van der Waals surface area contributed by atoms with Crippen LogP contribution in [0, 0.1) is 0 Å². The monoisotopic (exact) mass is 220 g/mol. The van der Waals surface area contributed by atoms with E-state index in [1.807, 2.05) is 41.4 Å². The fraction of sp³-hybridized carbons (Fsp3) is 0.100. The summed E-state index contributed by atoms with van der Waals surface area (Å²) in [5.74, 6) is 0. The first-order chi connectivity index (χ1) is 7.33. The molecule has 1 aliphatic rings. The molecular formula is C10H12N4S. The van der Waals surface area contributed by atoms with Crippen molar-refractivity contribution in [2.24, 2.45) is 5.10 Å². The highest BCUT2D eigenvalue weighted by atomic mass is 32.1. The molecule has 5 heteroatoms. The zero-order chi connectivity index (χ0) is 10.7. The van der Waals surface area contributed by atoms with E-state index < -0.39 is 0 Å². The number of rotatable bonds is 3. The number of hydrazine groups is 2. The van der Waals surface area contributed by atoms with E-state index in [1.54, 1.807) is 6.34 Å². The Hall–Kier alpha value is -1.46. The third-order valence-corrected chi connectivity index (χ3v) is 2.49. The van der Waals surface area contributed by atoms with E-state index in [0.717, 1.165) is 5.56 Å². The molecule has 1 N–H and O–H groups in total. The van der Waals surface area contributed by atoms with Crippen LogP contribution in [0.3, 0.4) is 0 Å². The van der Waals surface area contributed by atoms with Crippen LogP contribution in [0.2, 0.25) is 0 Å². The normalized spacial score (nSPS) is 17.5. The lowest BCUT2D eigenvalue weighted by atomic mass is 10.1. The van der Waals surface area contributed by atoms with Crippen molar-refractivity contribution in [1.29, 1.82) is 0 Å². The highest BCUT2D eigenvalue weighted by Gasteiger charge is 2.22. The second-order valence-corrected chi connectivity index (χ2v) is 3.48. The lowest BCUT2D eigenvalue weighted by Gasteiger charge is -2.28. The molecule has 1 aliphatic heterocycles. The molecule has 2 rings (SSSR count). The van der Waals surface area contributed by atoms with Crippen LogP contribution in [-0.2, 0) is 0 Å². The summed E-state index contributed by atoms with van der Waals surface area (Å²) < 4.78 is 1.51. The van der Waals surface area contributed by atoms with E-state index in [2.05, 4.69) is 30.0 Å². The van der Waals surface area contributed by atoms with Gasteiger partial charge >= 0.3 is 0 Å². The quantitative estimate of drug-likeness (QED) is 0.601. The van der Waals surface area contributed by atoms with Gasteiger partial charge in [-0.1, -0.05) is 40.9 Å². The Morgan fingerprint density at radius 2 is 2.13 bits per heavy atom. The number of hydrogen-bond donors (Lipinski definition) is 2. The van der Waals surface area contributed by atoms with E-state index in [1.165, 1.54) is 4.52 Å². The van der Waals surface area contributed by atoms with Gasteiger partial charge in [-0.2, -0.15) is 5.10 Å². The van der Waals surface area contributed by atoms with Gasteiger partial charge in [-0.15, -0.1) is 6.58 Å². The molecule has 0 saturated carbocycles. The van der Waals surface area contributed by atoms with Gasteiger partial charge in [-0.05, 0) is 18.4 Å². The second-order valence-electron chi connectivity index (χ2n) is 3.11. The van der Waals surface area contributed by atoms with Crippen LogP contribution in [0.15, 0.2) is 48.1 Å². The smallest absolute Gasteiger partial charge is 0.130 e. The Morgan fingerprint density at radius 3 is 2.67 bits per heavy atom. The molecule has 0 bridgehead atoms. The molecule has 0 spiro atoms. The van der Waals surface area contributed by atoms with Gasteiger partial charge in [0.1, 0.15) is 6.34 Å². The van der Waals surface area contributed by atoms with Gasteiger partial charge in [0.15, 0.2) is 0 Å². The van der Waals surface area contributed by atoms with Crippen molar-refractivity contribution in [1.82, 2.24) is 15.1 Å². The van der Waals surface area contributed by atoms with Crippen LogP contribution in [0.1, 0.15) is 11.6 Å². The van der Waals surface area contributed by atoms with Gasteiger partial charge in [0, 0.05) is 0 Å². The van der Waals surface area contributed by atoms with Gasteiger partial charge in [-0.3, -0.25) is 5.01 Å². The summed E-state index contributed by atoms with van der Waals surface area (Å²) in [6.45, 7) is 3.82. The number of nitrogens with zero attached hydrogens (tertiary/aromatic N) is 3. The first-order valence-electron chi connectivity index (χ1n) is 4.56. The second kappa shape index (κ2) is 4.37. The third-order valence-electron chi connectivity index (χ3n) is 2.19. The van der Waals surface area contributed by atoms with E-state index in [9.17, 15) is 0 Å². The Kier molecular flexibility index (Phi) is 2.94. The van der Waals surface area contributed by atoms with Crippen LogP contribution >= 0.6 is 12.8 Å². The van der Waals surface area contributed by atoms with Crippen molar-refractivity contribution in [2.75, 3.05) is 0 Å². The molecule has 1 heterocycles. The summed E-state index contributed by atoms with van der Waals surface area (Å²) in [6.07, 6.45) is 3.52. The fourth-order valence-electron chi connectivity index (χ4n) is 1.47. The summed E-state index contributed by atoms with van der Waals surface area (Å²) in [4.78, 5) is 0. The summed E-state index contributed by atoms with van der Waals surface area (Å²) in [6, 6.07) is 10.1. The SMILES string of the molecule is C=CC(c1ccccc1)N1C=NNN1S. The molecule has 1 aromatic rings. The summed E-state index contributed by atoms with van der Waals surface area (Å²) in [5, 5.41) is 5.73. The summed E-state index contributed by atoms with van der Waals surface area (Å²) >= 11 is 4.21. The van der Waals surface area contributed by atoms with E-state index in [4.69, 9.17) is 0 Å². The number of nitrogens with one attached hydrogen (secondary N) is 1. The molecule has 1 unspecified atom stereocenters. The van der Waals surface area contributed by atoms with Crippen LogP contribution in [0.4, 0.5) is 0 Å². The first kappa shape index (κ1) is 10.1. The molecule has 15 heavy (non-hydrogen) atoms. The molecule has 0 aromatic heterocycles. The van der Waals surface area contributed by atoms with Gasteiger partial charge in [0.05, 0.1) is 6.04 Å². The average Bonchev–Trinajstić information content (AvgIpc) is 2.68. The van der Waals surface area contributed by atoms with Gasteiger partial charge in [0.25, 0.3) is 0 Å². The molecule has 4 nitrogen and oxygen atoms in total. The predicted molar refractivity (Wildman–Crippen MR) is 63.7 cm³/mol. The van der Waals surface area contributed by atoms with Crippen LogP contribution in [0.25, 0.3) is 0 Å². The molecule has 0 saturated heterocycles. The van der Waals surface area contributed by atoms with Crippen LogP contribution in [-0.4, -0.2) is 15.9 Å². The fourth-order valence-corrected chi connectivity index (χ4v) is 1.68. The zero-order valence-electron chi connectivity index (χ0n) is 8.11. The molecular weight excluding hydrogens is 208 g/mol. The van der Waals surface area contributed by atoms with E-state index in [-0.39, 0.29) is 6.04 Å². The Bertz CT molecular complexity index is 365. The maximum Gasteiger partial charge on any atom is 0.130 e. The van der Waals surface area contributed by atoms with Gasteiger partial charge in [0.2, 0.25) is 0 Å². The van der Waals surface area contributed by atoms with Crippen molar-refractivity contribution in [3.63, 3.8) is 0 Å². The highest BCUT2D eigenvalue weighted by molar-refractivity contribution is 7.77. The maximum atomic E-state index is 4.21.